The average molecular weight is 279 g/mol. The fraction of sp³-hybridized carbons (Fsp3) is 0.286. The van der Waals surface area contributed by atoms with Gasteiger partial charge in [-0.2, -0.15) is 0 Å². The Morgan fingerprint density at radius 2 is 2.20 bits per heavy atom. The van der Waals surface area contributed by atoms with Gasteiger partial charge in [0.2, 0.25) is 0 Å². The van der Waals surface area contributed by atoms with E-state index in [4.69, 9.17) is 5.11 Å². The number of carbonyl (C=O) groups is 2. The number of methoxy groups -OCH3 is 1. The third kappa shape index (κ3) is 4.07. The van der Waals surface area contributed by atoms with Crippen molar-refractivity contribution in [2.75, 3.05) is 13.7 Å². The van der Waals surface area contributed by atoms with E-state index in [1.54, 1.807) is 0 Å². The molecule has 1 aromatic carbocycles. The topological polar surface area (TPSA) is 75.6 Å². The number of aliphatic hydroxyl groups excluding tert-OH is 1. The van der Waals surface area contributed by atoms with Gasteiger partial charge in [0.05, 0.1) is 12.7 Å². The van der Waals surface area contributed by atoms with Crippen molar-refractivity contribution in [3.8, 4) is 11.8 Å². The van der Waals surface area contributed by atoms with E-state index in [0.29, 0.717) is 0 Å². The number of aliphatic hydroxyl groups is 1. The van der Waals surface area contributed by atoms with Gasteiger partial charge in [-0.15, -0.1) is 0 Å². The molecule has 0 aliphatic carbocycles. The van der Waals surface area contributed by atoms with Crippen molar-refractivity contribution in [1.82, 2.24) is 5.32 Å². The van der Waals surface area contributed by atoms with E-state index >= 15 is 0 Å². The highest BCUT2D eigenvalue weighted by molar-refractivity contribution is 5.98. The molecule has 0 heterocycles. The van der Waals surface area contributed by atoms with Gasteiger partial charge < -0.3 is 15.2 Å². The van der Waals surface area contributed by atoms with Crippen molar-refractivity contribution < 1.29 is 23.8 Å². The molecule has 5 nitrogen and oxygen atoms in total. The minimum Gasteiger partial charge on any atom is -0.467 e. The second kappa shape index (κ2) is 7.26. The zero-order valence-electron chi connectivity index (χ0n) is 11.1. The van der Waals surface area contributed by atoms with Crippen molar-refractivity contribution in [3.63, 3.8) is 0 Å². The van der Waals surface area contributed by atoms with Crippen molar-refractivity contribution in [2.24, 2.45) is 0 Å². The molecule has 0 fully saturated rings. The largest absolute Gasteiger partial charge is 0.467 e. The number of hydrogen-bond donors (Lipinski definition) is 2. The van der Waals surface area contributed by atoms with Crippen LogP contribution in [0, 0.1) is 17.7 Å². The maximum atomic E-state index is 13.1. The van der Waals surface area contributed by atoms with Crippen LogP contribution in [0.2, 0.25) is 0 Å². The van der Waals surface area contributed by atoms with E-state index in [2.05, 4.69) is 21.9 Å². The lowest BCUT2D eigenvalue weighted by Crippen LogP contribution is -2.39. The normalized spacial score (nSPS) is 11.0. The quantitative estimate of drug-likeness (QED) is 0.622. The highest BCUT2D eigenvalue weighted by Crippen LogP contribution is 2.10. The van der Waals surface area contributed by atoms with Gasteiger partial charge in [-0.25, -0.2) is 9.18 Å². The molecule has 1 atom stereocenters. The lowest BCUT2D eigenvalue weighted by atomic mass is 10.1. The maximum Gasteiger partial charge on any atom is 0.328 e. The fourth-order valence-electron chi connectivity index (χ4n) is 1.46. The lowest BCUT2D eigenvalue weighted by molar-refractivity contribution is -0.142. The Bertz CT molecular complexity index is 574. The number of ether oxygens (including phenoxy) is 1. The van der Waals surface area contributed by atoms with E-state index < -0.39 is 30.3 Å². The van der Waals surface area contributed by atoms with E-state index in [-0.39, 0.29) is 11.1 Å². The Morgan fingerprint density at radius 3 is 2.80 bits per heavy atom. The predicted octanol–water partition coefficient (Wildman–Crippen LogP) is 0.461. The first-order valence-electron chi connectivity index (χ1n) is 5.77. The summed E-state index contributed by atoms with van der Waals surface area (Å²) in [5.41, 5.74) is 0.247. The number of amides is 1. The van der Waals surface area contributed by atoms with Gasteiger partial charge in [-0.05, 0) is 25.1 Å². The molecule has 0 saturated carbocycles. The summed E-state index contributed by atoms with van der Waals surface area (Å²) < 4.78 is 17.6. The van der Waals surface area contributed by atoms with Crippen LogP contribution in [-0.4, -0.2) is 36.7 Å². The van der Waals surface area contributed by atoms with Crippen molar-refractivity contribution in [1.29, 1.82) is 0 Å². The van der Waals surface area contributed by atoms with E-state index in [0.717, 1.165) is 12.1 Å². The summed E-state index contributed by atoms with van der Waals surface area (Å²) in [6.45, 7) is 1.06. The van der Waals surface area contributed by atoms with Crippen molar-refractivity contribution >= 4 is 11.9 Å². The van der Waals surface area contributed by atoms with Crippen LogP contribution in [0.15, 0.2) is 18.2 Å². The Morgan fingerprint density at radius 1 is 1.50 bits per heavy atom. The number of hydrogen-bond acceptors (Lipinski definition) is 4. The molecule has 1 unspecified atom stereocenters. The minimum absolute atomic E-state index is 0.114. The lowest BCUT2D eigenvalue weighted by Gasteiger charge is -2.12. The van der Waals surface area contributed by atoms with Crippen LogP contribution in [0.25, 0.3) is 0 Å². The van der Waals surface area contributed by atoms with Crippen LogP contribution >= 0.6 is 0 Å². The zero-order valence-corrected chi connectivity index (χ0v) is 11.1. The number of halogens is 1. The van der Waals surface area contributed by atoms with E-state index in [1.165, 1.54) is 20.1 Å². The first kappa shape index (κ1) is 15.7. The Kier molecular flexibility index (Phi) is 5.69. The van der Waals surface area contributed by atoms with Gasteiger partial charge in [-0.1, -0.05) is 11.8 Å². The highest BCUT2D eigenvalue weighted by Gasteiger charge is 2.18. The average Bonchev–Trinajstić information content (AvgIpc) is 2.43. The van der Waals surface area contributed by atoms with Crippen LogP contribution < -0.4 is 5.32 Å². The SMILES string of the molecule is COC(=O)C(C)NC(=O)c1ccc(F)cc1C#CCO. The smallest absolute Gasteiger partial charge is 0.328 e. The van der Waals surface area contributed by atoms with Gasteiger partial charge in [0.25, 0.3) is 5.91 Å². The molecule has 0 saturated heterocycles. The summed E-state index contributed by atoms with van der Waals surface area (Å²) in [6.07, 6.45) is 0. The molecule has 6 heteroatoms. The summed E-state index contributed by atoms with van der Waals surface area (Å²) in [7, 11) is 1.21. The molecule has 0 aliphatic rings. The third-order valence-corrected chi connectivity index (χ3v) is 2.43. The second-order valence-corrected chi connectivity index (χ2v) is 3.87. The summed E-state index contributed by atoms with van der Waals surface area (Å²) in [4.78, 5) is 23.2. The standard InChI is InChI=1S/C14H14FNO4/c1-9(14(19)20-2)16-13(18)12-6-5-11(15)8-10(12)4-3-7-17/h5-6,8-9,17H,7H2,1-2H3,(H,16,18). The van der Waals surface area contributed by atoms with Crippen molar-refractivity contribution in [2.45, 2.75) is 13.0 Å². The van der Waals surface area contributed by atoms with Gasteiger partial charge >= 0.3 is 5.97 Å². The molecule has 1 rings (SSSR count). The van der Waals surface area contributed by atoms with Crippen LogP contribution in [0.1, 0.15) is 22.8 Å². The number of rotatable bonds is 3. The number of carbonyl (C=O) groups excluding carboxylic acids is 2. The molecule has 20 heavy (non-hydrogen) atoms. The minimum atomic E-state index is -0.837. The predicted molar refractivity (Wildman–Crippen MR) is 69.3 cm³/mol. The number of esters is 1. The van der Waals surface area contributed by atoms with E-state index in [1.807, 2.05) is 0 Å². The highest BCUT2D eigenvalue weighted by atomic mass is 19.1. The summed E-state index contributed by atoms with van der Waals surface area (Å²) in [6, 6.07) is 2.62. The second-order valence-electron chi connectivity index (χ2n) is 3.87. The van der Waals surface area contributed by atoms with Crippen LogP contribution in [0.5, 0.6) is 0 Å². The summed E-state index contributed by atoms with van der Waals surface area (Å²) in [5.74, 6) is 3.10. The van der Waals surface area contributed by atoms with Crippen LogP contribution in [-0.2, 0) is 9.53 Å². The van der Waals surface area contributed by atoms with Gasteiger partial charge in [0.15, 0.2) is 0 Å². The van der Waals surface area contributed by atoms with Gasteiger partial charge in [-0.3, -0.25) is 4.79 Å². The van der Waals surface area contributed by atoms with E-state index in [9.17, 15) is 14.0 Å². The van der Waals surface area contributed by atoms with Gasteiger partial charge in [0.1, 0.15) is 18.5 Å². The molecule has 0 spiro atoms. The Labute approximate surface area is 115 Å². The molecule has 106 valence electrons. The molecule has 1 aromatic rings. The Hall–Kier alpha value is -2.39. The first-order chi connectivity index (χ1) is 9.49. The molecular formula is C14H14FNO4. The zero-order chi connectivity index (χ0) is 15.1. The molecule has 2 N–H and O–H groups in total. The van der Waals surface area contributed by atoms with Gasteiger partial charge in [0, 0.05) is 5.56 Å². The van der Waals surface area contributed by atoms with Crippen molar-refractivity contribution in [3.05, 3.63) is 35.1 Å². The third-order valence-electron chi connectivity index (χ3n) is 2.43. The molecular weight excluding hydrogens is 265 g/mol. The summed E-state index contributed by atoms with van der Waals surface area (Å²) >= 11 is 0. The molecule has 1 amide bonds. The molecule has 0 aliphatic heterocycles. The first-order valence-corrected chi connectivity index (χ1v) is 5.77. The molecule has 0 aromatic heterocycles. The number of benzene rings is 1. The molecule has 0 bridgehead atoms. The van der Waals surface area contributed by atoms with Crippen LogP contribution in [0.3, 0.4) is 0 Å². The van der Waals surface area contributed by atoms with Crippen LogP contribution in [0.4, 0.5) is 4.39 Å². The monoisotopic (exact) mass is 279 g/mol. The maximum absolute atomic E-state index is 13.1. The Balaban J connectivity index is 3.00. The fourth-order valence-corrected chi connectivity index (χ4v) is 1.46. The molecule has 0 radical (unpaired) electrons. The number of nitrogens with one attached hydrogen (secondary N) is 1. The summed E-state index contributed by atoms with van der Waals surface area (Å²) in [5, 5.41) is 11.1.